The third-order valence-electron chi connectivity index (χ3n) is 4.55. The highest BCUT2D eigenvalue weighted by atomic mass is 19.4. The van der Waals surface area contributed by atoms with E-state index in [-0.39, 0.29) is 18.9 Å². The van der Waals surface area contributed by atoms with Crippen LogP contribution in [0.25, 0.3) is 11.1 Å². The molecule has 5 nitrogen and oxygen atoms in total. The van der Waals surface area contributed by atoms with E-state index in [1.807, 2.05) is 0 Å². The van der Waals surface area contributed by atoms with Crippen LogP contribution in [0.4, 0.5) is 13.2 Å². The van der Waals surface area contributed by atoms with Gasteiger partial charge in [-0.1, -0.05) is 12.1 Å². The lowest BCUT2D eigenvalue weighted by atomic mass is 9.94. The smallest absolute Gasteiger partial charge is 0.416 e. The highest BCUT2D eigenvalue weighted by Crippen LogP contribution is 2.35. The van der Waals surface area contributed by atoms with Crippen molar-refractivity contribution >= 4 is 11.9 Å². The first kappa shape index (κ1) is 22.3. The molecule has 0 aliphatic rings. The molecule has 2 aromatic rings. The van der Waals surface area contributed by atoms with Gasteiger partial charge in [0, 0.05) is 25.6 Å². The number of aliphatic carboxylic acids is 1. The molecule has 1 amide bonds. The maximum absolute atomic E-state index is 13.2. The summed E-state index contributed by atoms with van der Waals surface area (Å²) >= 11 is 0. The summed E-state index contributed by atoms with van der Waals surface area (Å²) < 4.78 is 44.9. The van der Waals surface area contributed by atoms with Gasteiger partial charge in [0.15, 0.2) is 0 Å². The average Bonchev–Trinajstić information content (AvgIpc) is 2.64. The second kappa shape index (κ2) is 8.98. The van der Waals surface area contributed by atoms with E-state index in [2.05, 4.69) is 0 Å². The number of rotatable bonds is 7. The zero-order chi connectivity index (χ0) is 21.8. The Morgan fingerprint density at radius 2 is 1.79 bits per heavy atom. The molecule has 0 atom stereocenters. The number of carboxylic acids is 1. The SMILES string of the molecule is CCN(Cc1cc(C(F)(F)F)ccc1-c1ccc(OC)c(CC(=O)O)c1)C(C)=O. The summed E-state index contributed by atoms with van der Waals surface area (Å²) in [6.45, 7) is 3.45. The Morgan fingerprint density at radius 1 is 1.10 bits per heavy atom. The summed E-state index contributed by atoms with van der Waals surface area (Å²) in [5.74, 6) is -0.928. The van der Waals surface area contributed by atoms with Gasteiger partial charge in [-0.05, 0) is 47.9 Å². The molecule has 2 aromatic carbocycles. The number of nitrogens with zero attached hydrogens (tertiary/aromatic N) is 1. The van der Waals surface area contributed by atoms with Crippen LogP contribution in [0.5, 0.6) is 5.75 Å². The van der Waals surface area contributed by atoms with Crippen molar-refractivity contribution in [2.75, 3.05) is 13.7 Å². The Hall–Kier alpha value is -3.03. The lowest BCUT2D eigenvalue weighted by molar-refractivity contribution is -0.138. The van der Waals surface area contributed by atoms with Crippen LogP contribution in [0, 0.1) is 0 Å². The van der Waals surface area contributed by atoms with E-state index in [0.29, 0.717) is 34.5 Å². The van der Waals surface area contributed by atoms with Crippen LogP contribution in [-0.4, -0.2) is 35.5 Å². The minimum absolute atomic E-state index is 0.00534. The number of alkyl halides is 3. The highest BCUT2D eigenvalue weighted by Gasteiger charge is 2.31. The zero-order valence-corrected chi connectivity index (χ0v) is 16.3. The zero-order valence-electron chi connectivity index (χ0n) is 16.3. The number of carbonyl (C=O) groups excluding carboxylic acids is 1. The van der Waals surface area contributed by atoms with Crippen LogP contribution in [0.3, 0.4) is 0 Å². The van der Waals surface area contributed by atoms with Crippen LogP contribution in [-0.2, 0) is 28.7 Å². The number of benzene rings is 2. The molecule has 0 saturated carbocycles. The molecule has 0 bridgehead atoms. The molecular formula is C21H22F3NO4. The van der Waals surface area contributed by atoms with Crippen molar-refractivity contribution < 1.29 is 32.6 Å². The van der Waals surface area contributed by atoms with Gasteiger partial charge < -0.3 is 14.7 Å². The molecule has 1 N–H and O–H groups in total. The van der Waals surface area contributed by atoms with E-state index >= 15 is 0 Å². The van der Waals surface area contributed by atoms with Crippen molar-refractivity contribution in [3.63, 3.8) is 0 Å². The van der Waals surface area contributed by atoms with Crippen LogP contribution < -0.4 is 4.74 Å². The van der Waals surface area contributed by atoms with E-state index in [4.69, 9.17) is 9.84 Å². The first-order valence-corrected chi connectivity index (χ1v) is 8.91. The van der Waals surface area contributed by atoms with Gasteiger partial charge >= 0.3 is 12.1 Å². The van der Waals surface area contributed by atoms with Crippen molar-refractivity contribution in [2.24, 2.45) is 0 Å². The second-order valence-electron chi connectivity index (χ2n) is 6.50. The predicted molar refractivity (Wildman–Crippen MR) is 102 cm³/mol. The highest BCUT2D eigenvalue weighted by molar-refractivity contribution is 5.76. The van der Waals surface area contributed by atoms with Gasteiger partial charge in [-0.2, -0.15) is 13.2 Å². The van der Waals surface area contributed by atoms with Gasteiger partial charge in [0.1, 0.15) is 5.75 Å². The standard InChI is InChI=1S/C21H22F3NO4/c1-4-25(13(2)26)12-16-10-17(21(22,23)24)6-7-18(16)14-5-8-19(29-3)15(9-14)11-20(27)28/h5-10H,4,11-12H2,1-3H3,(H,27,28). The molecular weight excluding hydrogens is 387 g/mol. The van der Waals surface area contributed by atoms with Gasteiger partial charge in [0.2, 0.25) is 5.91 Å². The molecule has 0 spiro atoms. The predicted octanol–water partition coefficient (Wildman–Crippen LogP) is 4.38. The largest absolute Gasteiger partial charge is 0.496 e. The van der Waals surface area contributed by atoms with Crippen molar-refractivity contribution in [1.29, 1.82) is 0 Å². The Kier molecular flexibility index (Phi) is 6.89. The fraction of sp³-hybridized carbons (Fsp3) is 0.333. The molecule has 29 heavy (non-hydrogen) atoms. The summed E-state index contributed by atoms with van der Waals surface area (Å²) in [5, 5.41) is 9.12. The molecule has 0 fully saturated rings. The summed E-state index contributed by atoms with van der Waals surface area (Å²) in [5.41, 5.74) is 0.957. The molecule has 0 heterocycles. The Balaban J connectivity index is 2.61. The molecule has 0 unspecified atom stereocenters. The van der Waals surface area contributed by atoms with Crippen LogP contribution in [0.15, 0.2) is 36.4 Å². The van der Waals surface area contributed by atoms with Crippen LogP contribution >= 0.6 is 0 Å². The van der Waals surface area contributed by atoms with Gasteiger partial charge in [0.25, 0.3) is 0 Å². The maximum atomic E-state index is 13.2. The lowest BCUT2D eigenvalue weighted by Crippen LogP contribution is -2.28. The molecule has 0 aliphatic heterocycles. The monoisotopic (exact) mass is 409 g/mol. The summed E-state index contributed by atoms with van der Waals surface area (Å²) in [4.78, 5) is 24.4. The van der Waals surface area contributed by atoms with Crippen LogP contribution in [0.1, 0.15) is 30.5 Å². The molecule has 0 aromatic heterocycles. The fourth-order valence-electron chi connectivity index (χ4n) is 3.08. The second-order valence-corrected chi connectivity index (χ2v) is 6.50. The molecule has 0 aliphatic carbocycles. The minimum Gasteiger partial charge on any atom is -0.496 e. The normalized spacial score (nSPS) is 11.2. The summed E-state index contributed by atoms with van der Waals surface area (Å²) in [6, 6.07) is 8.17. The number of hydrogen-bond acceptors (Lipinski definition) is 3. The van der Waals surface area contributed by atoms with E-state index < -0.39 is 17.7 Å². The van der Waals surface area contributed by atoms with E-state index in [1.165, 1.54) is 25.0 Å². The van der Waals surface area contributed by atoms with Crippen molar-refractivity contribution in [1.82, 2.24) is 4.90 Å². The average molecular weight is 409 g/mol. The molecule has 0 radical (unpaired) electrons. The Labute approximate surface area is 166 Å². The van der Waals surface area contributed by atoms with Crippen molar-refractivity contribution in [2.45, 2.75) is 33.0 Å². The summed E-state index contributed by atoms with van der Waals surface area (Å²) in [7, 11) is 1.41. The molecule has 8 heteroatoms. The Morgan fingerprint density at radius 3 is 2.31 bits per heavy atom. The lowest BCUT2D eigenvalue weighted by Gasteiger charge is -2.22. The molecule has 156 valence electrons. The third-order valence-corrected chi connectivity index (χ3v) is 4.55. The number of amides is 1. The van der Waals surface area contributed by atoms with Gasteiger partial charge in [-0.15, -0.1) is 0 Å². The van der Waals surface area contributed by atoms with Crippen molar-refractivity contribution in [3.8, 4) is 16.9 Å². The number of hydrogen-bond donors (Lipinski definition) is 1. The number of ether oxygens (including phenoxy) is 1. The number of methoxy groups -OCH3 is 1. The maximum Gasteiger partial charge on any atom is 0.416 e. The fourth-order valence-corrected chi connectivity index (χ4v) is 3.08. The van der Waals surface area contributed by atoms with Gasteiger partial charge in [0.05, 0.1) is 19.1 Å². The van der Waals surface area contributed by atoms with Gasteiger partial charge in [-0.25, -0.2) is 0 Å². The first-order chi connectivity index (χ1) is 13.6. The van der Waals surface area contributed by atoms with E-state index in [9.17, 15) is 22.8 Å². The number of carbonyl (C=O) groups is 2. The summed E-state index contributed by atoms with van der Waals surface area (Å²) in [6.07, 6.45) is -4.81. The quantitative estimate of drug-likeness (QED) is 0.737. The number of carboxylic acid groups (broad SMARTS) is 1. The van der Waals surface area contributed by atoms with Gasteiger partial charge in [-0.3, -0.25) is 9.59 Å². The Bertz CT molecular complexity index is 909. The van der Waals surface area contributed by atoms with E-state index in [0.717, 1.165) is 12.1 Å². The first-order valence-electron chi connectivity index (χ1n) is 8.91. The van der Waals surface area contributed by atoms with Crippen molar-refractivity contribution in [3.05, 3.63) is 53.1 Å². The molecule has 0 saturated heterocycles. The topological polar surface area (TPSA) is 66.8 Å². The molecule has 2 rings (SSSR count). The third kappa shape index (κ3) is 5.49. The van der Waals surface area contributed by atoms with E-state index in [1.54, 1.807) is 25.1 Å². The number of halogens is 3. The van der Waals surface area contributed by atoms with Crippen LogP contribution in [0.2, 0.25) is 0 Å². The minimum atomic E-state index is -4.52.